The molecule has 0 unspecified atom stereocenters. The number of thioether (sulfide) groups is 1. The zero-order valence-electron chi connectivity index (χ0n) is 11.9. The molecule has 2 nitrogen and oxygen atoms in total. The van der Waals surface area contributed by atoms with Gasteiger partial charge in [0.1, 0.15) is 0 Å². The number of carboxylic acids is 1. The van der Waals surface area contributed by atoms with Crippen LogP contribution in [0.3, 0.4) is 0 Å². The van der Waals surface area contributed by atoms with Crippen molar-refractivity contribution in [2.75, 3.05) is 0 Å². The predicted molar refractivity (Wildman–Crippen MR) is 83.6 cm³/mol. The molecule has 104 valence electrons. The van der Waals surface area contributed by atoms with Gasteiger partial charge < -0.3 is 5.11 Å². The van der Waals surface area contributed by atoms with Crippen molar-refractivity contribution >= 4 is 17.7 Å². The molecule has 0 aliphatic heterocycles. The minimum absolute atomic E-state index is 0.385. The van der Waals surface area contributed by atoms with Crippen LogP contribution in [0.1, 0.15) is 32.6 Å². The van der Waals surface area contributed by atoms with Crippen molar-refractivity contribution < 1.29 is 9.90 Å². The van der Waals surface area contributed by atoms with E-state index in [9.17, 15) is 4.79 Å². The average molecular weight is 286 g/mol. The SMILES string of the molecule is Cc1cc(C)cc(CSc2ccc(C)c(C(=O)O)c2)c1. The van der Waals surface area contributed by atoms with Crippen LogP contribution < -0.4 is 0 Å². The van der Waals surface area contributed by atoms with Gasteiger partial charge in [-0.1, -0.05) is 35.4 Å². The summed E-state index contributed by atoms with van der Waals surface area (Å²) < 4.78 is 0. The molecule has 0 aromatic heterocycles. The summed E-state index contributed by atoms with van der Waals surface area (Å²) in [4.78, 5) is 12.1. The first kappa shape index (κ1) is 14.7. The van der Waals surface area contributed by atoms with Crippen LogP contribution in [-0.2, 0) is 5.75 Å². The van der Waals surface area contributed by atoms with E-state index in [0.717, 1.165) is 16.2 Å². The fourth-order valence-corrected chi connectivity index (χ4v) is 3.11. The highest BCUT2D eigenvalue weighted by Gasteiger charge is 2.08. The van der Waals surface area contributed by atoms with Crippen molar-refractivity contribution in [3.05, 3.63) is 64.2 Å². The third-order valence-corrected chi connectivity index (χ3v) is 4.19. The third-order valence-electron chi connectivity index (χ3n) is 3.13. The number of hydrogen-bond acceptors (Lipinski definition) is 2. The minimum atomic E-state index is -0.864. The molecule has 0 saturated carbocycles. The number of rotatable bonds is 4. The van der Waals surface area contributed by atoms with Crippen LogP contribution >= 0.6 is 11.8 Å². The standard InChI is InChI=1S/C17H18O2S/c1-11-6-12(2)8-14(7-11)10-20-15-5-4-13(3)16(9-15)17(18)19/h4-9H,10H2,1-3H3,(H,18,19). The molecule has 0 heterocycles. The molecule has 0 amide bonds. The summed E-state index contributed by atoms with van der Waals surface area (Å²) in [5.41, 5.74) is 4.97. The van der Waals surface area contributed by atoms with Crippen molar-refractivity contribution in [2.24, 2.45) is 0 Å². The molecule has 1 N–H and O–H groups in total. The Balaban J connectivity index is 2.14. The smallest absolute Gasteiger partial charge is 0.335 e. The number of aryl methyl sites for hydroxylation is 3. The van der Waals surface area contributed by atoms with Crippen molar-refractivity contribution in [3.63, 3.8) is 0 Å². The van der Waals surface area contributed by atoms with Crippen molar-refractivity contribution in [1.29, 1.82) is 0 Å². The first-order valence-electron chi connectivity index (χ1n) is 6.49. The van der Waals surface area contributed by atoms with Crippen molar-refractivity contribution in [1.82, 2.24) is 0 Å². The Morgan fingerprint density at radius 3 is 2.30 bits per heavy atom. The van der Waals surface area contributed by atoms with E-state index in [0.29, 0.717) is 5.56 Å². The summed E-state index contributed by atoms with van der Waals surface area (Å²) in [6.07, 6.45) is 0. The van der Waals surface area contributed by atoms with E-state index in [1.807, 2.05) is 19.1 Å². The van der Waals surface area contributed by atoms with Gasteiger partial charge >= 0.3 is 5.97 Å². The predicted octanol–water partition coefficient (Wildman–Crippen LogP) is 4.60. The number of benzene rings is 2. The third kappa shape index (κ3) is 3.64. The van der Waals surface area contributed by atoms with Crippen LogP contribution in [0, 0.1) is 20.8 Å². The highest BCUT2D eigenvalue weighted by Crippen LogP contribution is 2.26. The number of hydrogen-bond donors (Lipinski definition) is 1. The molecule has 2 rings (SSSR count). The molecular weight excluding hydrogens is 268 g/mol. The molecule has 0 saturated heterocycles. The Bertz CT molecular complexity index is 627. The molecule has 3 heteroatoms. The summed E-state index contributed by atoms with van der Waals surface area (Å²) in [6.45, 7) is 6.01. The van der Waals surface area contributed by atoms with E-state index in [-0.39, 0.29) is 0 Å². The van der Waals surface area contributed by atoms with Gasteiger partial charge in [0.15, 0.2) is 0 Å². The van der Waals surface area contributed by atoms with Crippen LogP contribution in [0.5, 0.6) is 0 Å². The van der Waals surface area contributed by atoms with Crippen molar-refractivity contribution in [3.8, 4) is 0 Å². The second-order valence-corrected chi connectivity index (χ2v) is 6.12. The highest BCUT2D eigenvalue weighted by atomic mass is 32.2. The summed E-state index contributed by atoms with van der Waals surface area (Å²) in [7, 11) is 0. The Hall–Kier alpha value is -1.74. The molecule has 0 aliphatic rings. The molecular formula is C17H18O2S. The zero-order chi connectivity index (χ0) is 14.7. The molecule has 0 aliphatic carbocycles. The first-order valence-corrected chi connectivity index (χ1v) is 7.48. The Morgan fingerprint density at radius 1 is 1.05 bits per heavy atom. The summed E-state index contributed by atoms with van der Waals surface area (Å²) in [6, 6.07) is 12.1. The number of carbonyl (C=O) groups is 1. The number of carboxylic acid groups (broad SMARTS) is 1. The zero-order valence-corrected chi connectivity index (χ0v) is 12.8. The van der Waals surface area contributed by atoms with Gasteiger partial charge in [0.05, 0.1) is 5.56 Å². The van der Waals surface area contributed by atoms with Gasteiger partial charge in [-0.15, -0.1) is 11.8 Å². The quantitative estimate of drug-likeness (QED) is 0.834. The van der Waals surface area contributed by atoms with E-state index < -0.39 is 5.97 Å². The van der Waals surface area contributed by atoms with Crippen LogP contribution in [-0.4, -0.2) is 11.1 Å². The van der Waals surface area contributed by atoms with Gasteiger partial charge in [-0.05, 0) is 44.0 Å². The summed E-state index contributed by atoms with van der Waals surface area (Å²) in [5.74, 6) is -0.0127. The number of aromatic carboxylic acids is 1. The second-order valence-electron chi connectivity index (χ2n) is 5.07. The molecule has 2 aromatic rings. The summed E-state index contributed by atoms with van der Waals surface area (Å²) in [5, 5.41) is 9.14. The van der Waals surface area contributed by atoms with Gasteiger partial charge in [-0.2, -0.15) is 0 Å². The van der Waals surface area contributed by atoms with Gasteiger partial charge in [0.25, 0.3) is 0 Å². The van der Waals surface area contributed by atoms with Crippen molar-refractivity contribution in [2.45, 2.75) is 31.4 Å². The average Bonchev–Trinajstić information content (AvgIpc) is 2.36. The normalized spacial score (nSPS) is 10.6. The van der Waals surface area contributed by atoms with Crippen LogP contribution in [0.4, 0.5) is 0 Å². The molecule has 0 spiro atoms. The van der Waals surface area contributed by atoms with Crippen LogP contribution in [0.25, 0.3) is 0 Å². The van der Waals surface area contributed by atoms with Crippen LogP contribution in [0.15, 0.2) is 41.3 Å². The topological polar surface area (TPSA) is 37.3 Å². The Morgan fingerprint density at radius 2 is 1.70 bits per heavy atom. The monoisotopic (exact) mass is 286 g/mol. The maximum Gasteiger partial charge on any atom is 0.335 e. The fraction of sp³-hybridized carbons (Fsp3) is 0.235. The minimum Gasteiger partial charge on any atom is -0.478 e. The maximum atomic E-state index is 11.1. The molecule has 2 aromatic carbocycles. The lowest BCUT2D eigenvalue weighted by Gasteiger charge is -2.07. The van der Waals surface area contributed by atoms with E-state index in [4.69, 9.17) is 5.11 Å². The lowest BCUT2D eigenvalue weighted by atomic mass is 10.1. The van der Waals surface area contributed by atoms with E-state index >= 15 is 0 Å². The molecule has 0 radical (unpaired) electrons. The summed E-state index contributed by atoms with van der Waals surface area (Å²) >= 11 is 1.67. The fourth-order valence-electron chi connectivity index (χ4n) is 2.24. The highest BCUT2D eigenvalue weighted by molar-refractivity contribution is 7.98. The molecule has 0 bridgehead atoms. The lowest BCUT2D eigenvalue weighted by molar-refractivity contribution is 0.0696. The van der Waals surface area contributed by atoms with Crippen LogP contribution in [0.2, 0.25) is 0 Å². The van der Waals surface area contributed by atoms with Gasteiger partial charge in [0, 0.05) is 10.6 Å². The van der Waals surface area contributed by atoms with E-state index in [2.05, 4.69) is 32.0 Å². The maximum absolute atomic E-state index is 11.1. The molecule has 0 atom stereocenters. The van der Waals surface area contributed by atoms with Gasteiger partial charge in [-0.25, -0.2) is 4.79 Å². The second kappa shape index (κ2) is 6.14. The van der Waals surface area contributed by atoms with E-state index in [1.54, 1.807) is 17.8 Å². The Kier molecular flexibility index (Phi) is 4.50. The molecule has 0 fully saturated rings. The van der Waals surface area contributed by atoms with Gasteiger partial charge in [0.2, 0.25) is 0 Å². The Labute approximate surface area is 123 Å². The largest absolute Gasteiger partial charge is 0.478 e. The van der Waals surface area contributed by atoms with Gasteiger partial charge in [-0.3, -0.25) is 0 Å². The lowest BCUT2D eigenvalue weighted by Crippen LogP contribution is -1.99. The first-order chi connectivity index (χ1) is 9.45. The van der Waals surface area contributed by atoms with E-state index in [1.165, 1.54) is 16.7 Å². The molecule has 20 heavy (non-hydrogen) atoms.